The first kappa shape index (κ1) is 17.3. The van der Waals surface area contributed by atoms with E-state index in [-0.39, 0.29) is 17.7 Å². The second-order valence-electron chi connectivity index (χ2n) is 5.98. The van der Waals surface area contributed by atoms with E-state index in [4.69, 9.17) is 8.83 Å². The van der Waals surface area contributed by atoms with Crippen LogP contribution < -0.4 is 5.32 Å². The Morgan fingerprint density at radius 1 is 1.30 bits per heavy atom. The van der Waals surface area contributed by atoms with E-state index >= 15 is 0 Å². The highest BCUT2D eigenvalue weighted by atomic mass is 32.2. The highest BCUT2D eigenvalue weighted by Gasteiger charge is 2.16. The van der Waals surface area contributed by atoms with Gasteiger partial charge in [0.1, 0.15) is 11.6 Å². The maximum Gasteiger partial charge on any atom is 0.277 e. The molecule has 4 rings (SSSR count). The van der Waals surface area contributed by atoms with E-state index in [2.05, 4.69) is 25.5 Å². The van der Waals surface area contributed by atoms with E-state index in [0.29, 0.717) is 22.7 Å². The number of H-pyrrole nitrogens is 1. The number of para-hydroxylation sites is 2. The van der Waals surface area contributed by atoms with Gasteiger partial charge >= 0.3 is 0 Å². The molecular formula is C18H17N5O3S. The van der Waals surface area contributed by atoms with Crippen LogP contribution in [0.4, 0.5) is 0 Å². The summed E-state index contributed by atoms with van der Waals surface area (Å²) in [7, 11) is 0. The number of amides is 1. The van der Waals surface area contributed by atoms with Crippen LogP contribution in [0, 0.1) is 6.92 Å². The minimum absolute atomic E-state index is 0.146. The molecule has 3 heterocycles. The van der Waals surface area contributed by atoms with Crippen molar-refractivity contribution in [3.8, 4) is 11.5 Å². The first-order valence-electron chi connectivity index (χ1n) is 8.35. The van der Waals surface area contributed by atoms with Crippen molar-refractivity contribution in [1.82, 2.24) is 25.5 Å². The van der Waals surface area contributed by atoms with Crippen LogP contribution in [0.15, 0.2) is 50.7 Å². The van der Waals surface area contributed by atoms with Crippen molar-refractivity contribution in [2.75, 3.05) is 5.75 Å². The number of fused-ring (bicyclic) bond motifs is 1. The Morgan fingerprint density at radius 3 is 2.93 bits per heavy atom. The molecule has 0 saturated carbocycles. The zero-order chi connectivity index (χ0) is 18.8. The molecule has 0 aliphatic heterocycles. The number of hydrogen-bond donors (Lipinski definition) is 2. The van der Waals surface area contributed by atoms with Gasteiger partial charge in [-0.3, -0.25) is 4.79 Å². The first-order valence-corrected chi connectivity index (χ1v) is 9.33. The lowest BCUT2D eigenvalue weighted by molar-refractivity contribution is -0.119. The molecule has 0 saturated heterocycles. The number of nitrogens with zero attached hydrogens (tertiary/aromatic N) is 3. The van der Waals surface area contributed by atoms with E-state index in [1.165, 1.54) is 11.8 Å². The van der Waals surface area contributed by atoms with Crippen LogP contribution >= 0.6 is 11.8 Å². The van der Waals surface area contributed by atoms with Gasteiger partial charge in [-0.2, -0.15) is 0 Å². The molecule has 9 heteroatoms. The number of rotatable bonds is 6. The molecule has 0 aliphatic carbocycles. The van der Waals surface area contributed by atoms with E-state index < -0.39 is 0 Å². The van der Waals surface area contributed by atoms with Crippen LogP contribution in [0.5, 0.6) is 0 Å². The molecular weight excluding hydrogens is 366 g/mol. The summed E-state index contributed by atoms with van der Waals surface area (Å²) in [5.74, 6) is 1.81. The zero-order valence-electron chi connectivity index (χ0n) is 14.7. The number of hydrogen-bond acceptors (Lipinski definition) is 7. The predicted molar refractivity (Wildman–Crippen MR) is 100 cm³/mol. The standard InChI is InChI=1S/C18H17N5O3S/c1-10(16-20-13-5-3-4-6-14(13)21-16)19-15(24)9-27-18-23-22-17(26-18)12-7-8-25-11(12)2/h3-8,10H,9H2,1-2H3,(H,19,24)(H,20,21)/t10-/m1/s1. The van der Waals surface area contributed by atoms with Crippen LogP contribution in [0.1, 0.15) is 24.6 Å². The molecule has 27 heavy (non-hydrogen) atoms. The van der Waals surface area contributed by atoms with Gasteiger partial charge in [0.25, 0.3) is 11.1 Å². The maximum absolute atomic E-state index is 12.2. The minimum atomic E-state index is -0.239. The third-order valence-electron chi connectivity index (χ3n) is 4.02. The van der Waals surface area contributed by atoms with Gasteiger partial charge in [-0.1, -0.05) is 23.9 Å². The molecule has 8 nitrogen and oxygen atoms in total. The van der Waals surface area contributed by atoms with Crippen LogP contribution in [0.25, 0.3) is 22.5 Å². The fraction of sp³-hybridized carbons (Fsp3) is 0.222. The Morgan fingerprint density at radius 2 is 2.15 bits per heavy atom. The number of aryl methyl sites for hydroxylation is 1. The molecule has 1 atom stereocenters. The third-order valence-corrected chi connectivity index (χ3v) is 4.84. The molecule has 1 aromatic carbocycles. The largest absolute Gasteiger partial charge is 0.469 e. The summed E-state index contributed by atoms with van der Waals surface area (Å²) in [5.41, 5.74) is 2.56. The van der Waals surface area contributed by atoms with Gasteiger partial charge in [0, 0.05) is 0 Å². The molecule has 0 aliphatic rings. The van der Waals surface area contributed by atoms with Gasteiger partial charge in [0.2, 0.25) is 5.91 Å². The van der Waals surface area contributed by atoms with Crippen molar-refractivity contribution in [2.45, 2.75) is 25.1 Å². The summed E-state index contributed by atoms with van der Waals surface area (Å²) in [5, 5.41) is 11.2. The van der Waals surface area contributed by atoms with E-state index in [0.717, 1.165) is 16.6 Å². The number of carbonyl (C=O) groups excluding carboxylic acids is 1. The Balaban J connectivity index is 1.34. The second kappa shape index (κ2) is 7.28. The molecule has 138 valence electrons. The number of benzene rings is 1. The fourth-order valence-corrected chi connectivity index (χ4v) is 3.21. The molecule has 3 aromatic heterocycles. The highest BCUT2D eigenvalue weighted by molar-refractivity contribution is 7.99. The Kier molecular flexibility index (Phi) is 4.68. The van der Waals surface area contributed by atoms with Gasteiger partial charge in [-0.15, -0.1) is 10.2 Å². The predicted octanol–water partition coefficient (Wildman–Crippen LogP) is 3.48. The average molecular weight is 383 g/mol. The summed E-state index contributed by atoms with van der Waals surface area (Å²) in [6, 6.07) is 9.26. The summed E-state index contributed by atoms with van der Waals surface area (Å²) < 4.78 is 10.8. The van der Waals surface area contributed by atoms with Gasteiger partial charge < -0.3 is 19.1 Å². The highest BCUT2D eigenvalue weighted by Crippen LogP contribution is 2.26. The molecule has 0 fully saturated rings. The number of aromatic amines is 1. The SMILES string of the molecule is Cc1occc1-c1nnc(SCC(=O)N[C@H](C)c2nc3ccccc3[nH]2)o1. The Hall–Kier alpha value is -3.07. The molecule has 0 bridgehead atoms. The lowest BCUT2D eigenvalue weighted by atomic mass is 10.3. The third kappa shape index (κ3) is 3.72. The van der Waals surface area contributed by atoms with E-state index in [9.17, 15) is 4.79 Å². The molecule has 0 spiro atoms. The van der Waals surface area contributed by atoms with Gasteiger partial charge in [0.05, 0.1) is 34.7 Å². The molecule has 0 radical (unpaired) electrons. The number of furan rings is 1. The Labute approximate surface area is 158 Å². The summed E-state index contributed by atoms with van der Waals surface area (Å²) in [6.45, 7) is 3.70. The van der Waals surface area contributed by atoms with Gasteiger partial charge in [-0.25, -0.2) is 4.98 Å². The Bertz CT molecular complexity index is 1050. The van der Waals surface area contributed by atoms with Crippen LogP contribution in [0.3, 0.4) is 0 Å². The van der Waals surface area contributed by atoms with Gasteiger partial charge in [0.15, 0.2) is 0 Å². The average Bonchev–Trinajstić information content (AvgIpc) is 3.38. The molecule has 0 unspecified atom stereocenters. The van der Waals surface area contributed by atoms with Crippen molar-refractivity contribution in [2.24, 2.45) is 0 Å². The quantitative estimate of drug-likeness (QED) is 0.490. The van der Waals surface area contributed by atoms with Crippen molar-refractivity contribution in [3.05, 3.63) is 48.2 Å². The number of carbonyl (C=O) groups is 1. The lowest BCUT2D eigenvalue weighted by Crippen LogP contribution is -2.28. The lowest BCUT2D eigenvalue weighted by Gasteiger charge is -2.10. The summed E-state index contributed by atoms with van der Waals surface area (Å²) in [4.78, 5) is 19.9. The second-order valence-corrected chi connectivity index (χ2v) is 6.91. The molecule has 2 N–H and O–H groups in total. The van der Waals surface area contributed by atoms with Crippen LogP contribution in [0.2, 0.25) is 0 Å². The molecule has 4 aromatic rings. The first-order chi connectivity index (χ1) is 13.1. The summed E-state index contributed by atoms with van der Waals surface area (Å²) >= 11 is 1.18. The van der Waals surface area contributed by atoms with Crippen molar-refractivity contribution in [1.29, 1.82) is 0 Å². The van der Waals surface area contributed by atoms with Crippen molar-refractivity contribution in [3.63, 3.8) is 0 Å². The maximum atomic E-state index is 12.2. The summed E-state index contributed by atoms with van der Waals surface area (Å²) in [6.07, 6.45) is 1.56. The zero-order valence-corrected chi connectivity index (χ0v) is 15.5. The number of thioether (sulfide) groups is 1. The number of aromatic nitrogens is 4. The number of imidazole rings is 1. The monoisotopic (exact) mass is 383 g/mol. The molecule has 1 amide bonds. The smallest absolute Gasteiger partial charge is 0.277 e. The topological polar surface area (TPSA) is 110 Å². The number of nitrogens with one attached hydrogen (secondary N) is 2. The van der Waals surface area contributed by atoms with Crippen molar-refractivity contribution < 1.29 is 13.6 Å². The van der Waals surface area contributed by atoms with E-state index in [1.807, 2.05) is 38.1 Å². The van der Waals surface area contributed by atoms with E-state index in [1.54, 1.807) is 12.3 Å². The van der Waals surface area contributed by atoms with Crippen LogP contribution in [-0.4, -0.2) is 31.8 Å². The van der Waals surface area contributed by atoms with Gasteiger partial charge in [-0.05, 0) is 32.0 Å². The minimum Gasteiger partial charge on any atom is -0.469 e. The van der Waals surface area contributed by atoms with Crippen molar-refractivity contribution >= 4 is 28.7 Å². The normalized spacial score (nSPS) is 12.4. The fourth-order valence-electron chi connectivity index (χ4n) is 2.64. The van der Waals surface area contributed by atoms with Crippen LogP contribution in [-0.2, 0) is 4.79 Å².